The quantitative estimate of drug-likeness (QED) is 0.591. The molecule has 100 valence electrons. The van der Waals surface area contributed by atoms with E-state index in [1.54, 1.807) is 0 Å². The molecule has 1 aliphatic rings. The Hall–Kier alpha value is -0.610. The number of esters is 1. The van der Waals surface area contributed by atoms with Gasteiger partial charge in [0.15, 0.2) is 0 Å². The van der Waals surface area contributed by atoms with Crippen LogP contribution >= 0.6 is 0 Å². The van der Waals surface area contributed by atoms with Gasteiger partial charge in [0.1, 0.15) is 6.10 Å². The number of hydrogen-bond donors (Lipinski definition) is 1. The van der Waals surface area contributed by atoms with Gasteiger partial charge in [0, 0.05) is 12.6 Å². The van der Waals surface area contributed by atoms with Gasteiger partial charge in [-0.2, -0.15) is 0 Å². The summed E-state index contributed by atoms with van der Waals surface area (Å²) in [6, 6.07) is -0.0377. The molecule has 0 aliphatic heterocycles. The average molecular weight is 243 g/mol. The fraction of sp³-hybridized carbons (Fsp3) is 0.923. The largest absolute Gasteiger partial charge is 0.460 e. The first-order valence-electron chi connectivity index (χ1n) is 6.69. The second-order valence-corrected chi connectivity index (χ2v) is 4.82. The lowest BCUT2D eigenvalue weighted by Gasteiger charge is -2.22. The Morgan fingerprint density at radius 3 is 2.76 bits per heavy atom. The van der Waals surface area contributed by atoms with E-state index >= 15 is 0 Å². The fourth-order valence-corrected chi connectivity index (χ4v) is 2.23. The molecule has 0 spiro atoms. The van der Waals surface area contributed by atoms with E-state index in [1.165, 1.54) is 6.42 Å². The lowest BCUT2D eigenvalue weighted by Crippen LogP contribution is -2.37. The molecule has 17 heavy (non-hydrogen) atoms. The number of ether oxygens (including phenoxy) is 2. The van der Waals surface area contributed by atoms with E-state index in [9.17, 15) is 4.79 Å². The minimum Gasteiger partial charge on any atom is -0.460 e. The first-order valence-corrected chi connectivity index (χ1v) is 6.69. The molecule has 2 N–H and O–H groups in total. The van der Waals surface area contributed by atoms with Crippen molar-refractivity contribution in [3.63, 3.8) is 0 Å². The van der Waals surface area contributed by atoms with Crippen molar-refractivity contribution in [2.45, 2.75) is 58.1 Å². The highest BCUT2D eigenvalue weighted by molar-refractivity contribution is 5.73. The maximum Gasteiger partial charge on any atom is 0.310 e. The summed E-state index contributed by atoms with van der Waals surface area (Å²) in [5.74, 6) is -0.270. The Labute approximate surface area is 104 Å². The van der Waals surface area contributed by atoms with Crippen LogP contribution in [-0.4, -0.2) is 31.3 Å². The molecule has 1 aliphatic carbocycles. The first-order chi connectivity index (χ1) is 8.15. The van der Waals surface area contributed by atoms with E-state index in [-0.39, 0.29) is 24.0 Å². The topological polar surface area (TPSA) is 61.5 Å². The first kappa shape index (κ1) is 14.5. The normalized spacial score (nSPS) is 27.2. The SMILES string of the molecule is CCOCC(C)OC(=O)C1CCCCCC1N. The summed E-state index contributed by atoms with van der Waals surface area (Å²) in [6.45, 7) is 4.89. The number of nitrogens with two attached hydrogens (primary N) is 1. The predicted octanol–water partition coefficient (Wildman–Crippen LogP) is 1.86. The monoisotopic (exact) mass is 243 g/mol. The highest BCUT2D eigenvalue weighted by atomic mass is 16.6. The van der Waals surface area contributed by atoms with Crippen molar-refractivity contribution in [1.82, 2.24) is 0 Å². The molecule has 0 aromatic rings. The van der Waals surface area contributed by atoms with Crippen LogP contribution in [0.1, 0.15) is 46.0 Å². The smallest absolute Gasteiger partial charge is 0.310 e. The molecule has 1 rings (SSSR count). The molecule has 1 fully saturated rings. The van der Waals surface area contributed by atoms with Crippen molar-refractivity contribution in [2.24, 2.45) is 11.7 Å². The summed E-state index contributed by atoms with van der Waals surface area (Å²) in [5.41, 5.74) is 6.02. The summed E-state index contributed by atoms with van der Waals surface area (Å²) in [6.07, 6.45) is 4.98. The predicted molar refractivity (Wildman–Crippen MR) is 66.6 cm³/mol. The summed E-state index contributed by atoms with van der Waals surface area (Å²) >= 11 is 0. The molecular formula is C13H25NO3. The molecule has 3 unspecified atom stereocenters. The molecular weight excluding hydrogens is 218 g/mol. The lowest BCUT2D eigenvalue weighted by atomic mass is 9.96. The molecule has 1 saturated carbocycles. The maximum absolute atomic E-state index is 12.0. The second-order valence-electron chi connectivity index (χ2n) is 4.82. The van der Waals surface area contributed by atoms with Gasteiger partial charge in [-0.05, 0) is 26.7 Å². The van der Waals surface area contributed by atoms with Crippen LogP contribution in [0.4, 0.5) is 0 Å². The van der Waals surface area contributed by atoms with Gasteiger partial charge < -0.3 is 15.2 Å². The molecule has 0 heterocycles. The van der Waals surface area contributed by atoms with Crippen molar-refractivity contribution in [3.05, 3.63) is 0 Å². The summed E-state index contributed by atoms with van der Waals surface area (Å²) in [4.78, 5) is 12.0. The van der Waals surface area contributed by atoms with Crippen LogP contribution in [0.3, 0.4) is 0 Å². The average Bonchev–Trinajstić information content (AvgIpc) is 2.51. The van der Waals surface area contributed by atoms with Crippen molar-refractivity contribution in [2.75, 3.05) is 13.2 Å². The van der Waals surface area contributed by atoms with Crippen LogP contribution in [0.5, 0.6) is 0 Å². The third-order valence-corrected chi connectivity index (χ3v) is 3.25. The number of carbonyl (C=O) groups excluding carboxylic acids is 1. The second kappa shape index (κ2) is 7.67. The number of rotatable bonds is 5. The van der Waals surface area contributed by atoms with Crippen LogP contribution in [0, 0.1) is 5.92 Å². The highest BCUT2D eigenvalue weighted by Crippen LogP contribution is 2.23. The van der Waals surface area contributed by atoms with Gasteiger partial charge in [-0.25, -0.2) is 0 Å². The summed E-state index contributed by atoms with van der Waals surface area (Å²) in [7, 11) is 0. The maximum atomic E-state index is 12.0. The molecule has 0 aromatic carbocycles. The molecule has 0 saturated heterocycles. The van der Waals surface area contributed by atoms with Gasteiger partial charge in [-0.3, -0.25) is 4.79 Å². The van der Waals surface area contributed by atoms with E-state index in [0.717, 1.165) is 25.7 Å². The third kappa shape index (κ3) is 5.04. The van der Waals surface area contributed by atoms with E-state index < -0.39 is 0 Å². The number of carbonyl (C=O) groups is 1. The molecule has 0 radical (unpaired) electrons. The van der Waals surface area contributed by atoms with Gasteiger partial charge in [-0.15, -0.1) is 0 Å². The van der Waals surface area contributed by atoms with Crippen LogP contribution in [0.15, 0.2) is 0 Å². The Morgan fingerprint density at radius 2 is 2.06 bits per heavy atom. The van der Waals surface area contributed by atoms with Crippen molar-refractivity contribution < 1.29 is 14.3 Å². The Balaban J connectivity index is 2.39. The van der Waals surface area contributed by atoms with E-state index in [4.69, 9.17) is 15.2 Å². The molecule has 0 bridgehead atoms. The van der Waals surface area contributed by atoms with Gasteiger partial charge in [0.05, 0.1) is 12.5 Å². The van der Waals surface area contributed by atoms with Crippen molar-refractivity contribution in [1.29, 1.82) is 0 Å². The zero-order valence-corrected chi connectivity index (χ0v) is 11.0. The van der Waals surface area contributed by atoms with Gasteiger partial charge >= 0.3 is 5.97 Å². The molecule has 4 heteroatoms. The molecule has 0 amide bonds. The minimum absolute atomic E-state index is 0.0377. The van der Waals surface area contributed by atoms with Crippen LogP contribution in [0.2, 0.25) is 0 Å². The van der Waals surface area contributed by atoms with Crippen LogP contribution in [-0.2, 0) is 14.3 Å². The van der Waals surface area contributed by atoms with E-state index in [0.29, 0.717) is 13.2 Å². The molecule has 4 nitrogen and oxygen atoms in total. The standard InChI is InChI=1S/C13H25NO3/c1-3-16-9-10(2)17-13(15)11-7-5-4-6-8-12(11)14/h10-12H,3-9,14H2,1-2H3. The van der Waals surface area contributed by atoms with E-state index in [1.807, 2.05) is 13.8 Å². The zero-order valence-electron chi connectivity index (χ0n) is 11.0. The highest BCUT2D eigenvalue weighted by Gasteiger charge is 2.29. The fourth-order valence-electron chi connectivity index (χ4n) is 2.23. The summed E-state index contributed by atoms with van der Waals surface area (Å²) in [5, 5.41) is 0. The van der Waals surface area contributed by atoms with Crippen LogP contribution < -0.4 is 5.73 Å². The Kier molecular flexibility index (Phi) is 6.52. The Morgan fingerprint density at radius 1 is 1.35 bits per heavy atom. The van der Waals surface area contributed by atoms with Gasteiger partial charge in [-0.1, -0.05) is 19.3 Å². The Bertz CT molecular complexity index is 233. The van der Waals surface area contributed by atoms with Crippen molar-refractivity contribution in [3.8, 4) is 0 Å². The van der Waals surface area contributed by atoms with Crippen molar-refractivity contribution >= 4 is 5.97 Å². The summed E-state index contributed by atoms with van der Waals surface area (Å²) < 4.78 is 10.6. The van der Waals surface area contributed by atoms with Crippen LogP contribution in [0.25, 0.3) is 0 Å². The zero-order chi connectivity index (χ0) is 12.7. The molecule has 3 atom stereocenters. The number of hydrogen-bond acceptors (Lipinski definition) is 4. The van der Waals surface area contributed by atoms with Gasteiger partial charge in [0.2, 0.25) is 0 Å². The molecule has 0 aromatic heterocycles. The minimum atomic E-state index is -0.182. The lowest BCUT2D eigenvalue weighted by molar-refractivity contribution is -0.157. The third-order valence-electron chi connectivity index (χ3n) is 3.25. The van der Waals surface area contributed by atoms with Gasteiger partial charge in [0.25, 0.3) is 0 Å². The van der Waals surface area contributed by atoms with E-state index in [2.05, 4.69) is 0 Å².